The summed E-state index contributed by atoms with van der Waals surface area (Å²) in [4.78, 5) is 39.9. The van der Waals surface area contributed by atoms with Crippen LogP contribution < -0.4 is 4.90 Å². The Morgan fingerprint density at radius 3 is 2.59 bits per heavy atom. The third-order valence-electron chi connectivity index (χ3n) is 4.55. The van der Waals surface area contributed by atoms with Gasteiger partial charge in [0, 0.05) is 36.2 Å². The van der Waals surface area contributed by atoms with E-state index in [1.54, 1.807) is 0 Å². The predicted octanol–water partition coefficient (Wildman–Crippen LogP) is 3.17. The number of nitro benzene ring substituents is 1. The monoisotopic (exact) mass is 399 g/mol. The number of anilines is 1. The van der Waals surface area contributed by atoms with Crippen molar-refractivity contribution in [3.63, 3.8) is 0 Å². The van der Waals surface area contributed by atoms with E-state index in [-0.39, 0.29) is 31.1 Å². The quantitative estimate of drug-likeness (QED) is 0.436. The highest BCUT2D eigenvalue weighted by Gasteiger charge is 2.27. The number of carboxylic acids is 1. The van der Waals surface area contributed by atoms with Crippen molar-refractivity contribution in [2.24, 2.45) is 4.99 Å². The van der Waals surface area contributed by atoms with Gasteiger partial charge in [-0.3, -0.25) is 24.7 Å². The Morgan fingerprint density at radius 1 is 1.21 bits per heavy atom. The maximum absolute atomic E-state index is 13.3. The lowest BCUT2D eigenvalue weighted by Crippen LogP contribution is -2.33. The second-order valence-corrected chi connectivity index (χ2v) is 6.53. The molecule has 1 heterocycles. The van der Waals surface area contributed by atoms with Gasteiger partial charge in [0.2, 0.25) is 5.91 Å². The summed E-state index contributed by atoms with van der Waals surface area (Å²) in [5.74, 6) is -1.64. The van der Waals surface area contributed by atoms with Gasteiger partial charge in [-0.25, -0.2) is 4.39 Å². The number of aliphatic imine (C=N–C) groups is 1. The van der Waals surface area contributed by atoms with Gasteiger partial charge in [-0.2, -0.15) is 0 Å². The SMILES string of the molecule is O=C(O)CCCCN1C(=O)CN=C(c2ccc(F)cc2)c2cc([N+](=O)[O-])ccc21. The van der Waals surface area contributed by atoms with E-state index >= 15 is 0 Å². The Labute approximate surface area is 165 Å². The van der Waals surface area contributed by atoms with Gasteiger partial charge in [-0.1, -0.05) is 0 Å². The maximum Gasteiger partial charge on any atom is 0.303 e. The number of halogens is 1. The second kappa shape index (κ2) is 8.59. The zero-order valence-corrected chi connectivity index (χ0v) is 15.4. The number of rotatable bonds is 7. The summed E-state index contributed by atoms with van der Waals surface area (Å²) in [6.45, 7) is 0.0945. The number of aliphatic carboxylic acids is 1. The first-order valence-electron chi connectivity index (χ1n) is 8.98. The number of non-ortho nitro benzene ring substituents is 1. The van der Waals surface area contributed by atoms with Gasteiger partial charge in [0.15, 0.2) is 0 Å². The molecule has 0 bridgehead atoms. The van der Waals surface area contributed by atoms with Crippen LogP contribution in [0.2, 0.25) is 0 Å². The van der Waals surface area contributed by atoms with Crippen LogP contribution in [0, 0.1) is 15.9 Å². The van der Waals surface area contributed by atoms with E-state index in [9.17, 15) is 24.1 Å². The first kappa shape index (κ1) is 20.1. The second-order valence-electron chi connectivity index (χ2n) is 6.53. The lowest BCUT2D eigenvalue weighted by Gasteiger charge is -2.23. The highest BCUT2D eigenvalue weighted by molar-refractivity contribution is 6.19. The number of nitro groups is 1. The van der Waals surface area contributed by atoms with Crippen molar-refractivity contribution >= 4 is 29.0 Å². The molecule has 1 amide bonds. The number of unbranched alkanes of at least 4 members (excludes halogenated alkanes) is 1. The number of hydrogen-bond acceptors (Lipinski definition) is 5. The molecule has 0 spiro atoms. The number of benzodiazepines with no additional fused rings is 1. The molecule has 2 aromatic rings. The number of amides is 1. The Bertz CT molecular complexity index is 988. The molecule has 0 unspecified atom stereocenters. The molecule has 9 heteroatoms. The summed E-state index contributed by atoms with van der Waals surface area (Å²) in [6, 6.07) is 9.67. The van der Waals surface area contributed by atoms with Crippen molar-refractivity contribution in [1.29, 1.82) is 0 Å². The first-order valence-corrected chi connectivity index (χ1v) is 8.98. The molecule has 0 atom stereocenters. The topological polar surface area (TPSA) is 113 Å². The highest BCUT2D eigenvalue weighted by Crippen LogP contribution is 2.31. The van der Waals surface area contributed by atoms with Crippen LogP contribution in [0.1, 0.15) is 30.4 Å². The Hall–Kier alpha value is -3.62. The molecule has 0 fully saturated rings. The molecule has 1 aliphatic rings. The van der Waals surface area contributed by atoms with Gasteiger partial charge >= 0.3 is 5.97 Å². The summed E-state index contributed by atoms with van der Waals surface area (Å²) in [5.41, 5.74) is 1.60. The first-order chi connectivity index (χ1) is 13.9. The van der Waals surface area contributed by atoms with Crippen LogP contribution in [0.5, 0.6) is 0 Å². The lowest BCUT2D eigenvalue weighted by molar-refractivity contribution is -0.384. The number of benzene rings is 2. The summed E-state index contributed by atoms with van der Waals surface area (Å²) >= 11 is 0. The molecule has 3 rings (SSSR count). The largest absolute Gasteiger partial charge is 0.481 e. The van der Waals surface area contributed by atoms with Gasteiger partial charge in [-0.05, 0) is 43.2 Å². The summed E-state index contributed by atoms with van der Waals surface area (Å²) in [7, 11) is 0. The van der Waals surface area contributed by atoms with Crippen molar-refractivity contribution in [2.75, 3.05) is 18.0 Å². The fourth-order valence-corrected chi connectivity index (χ4v) is 3.16. The average molecular weight is 399 g/mol. The molecule has 150 valence electrons. The highest BCUT2D eigenvalue weighted by atomic mass is 19.1. The molecule has 1 aliphatic heterocycles. The number of carbonyl (C=O) groups excluding carboxylic acids is 1. The van der Waals surface area contributed by atoms with E-state index < -0.39 is 16.7 Å². The normalized spacial score (nSPS) is 13.5. The fraction of sp³-hybridized carbons (Fsp3) is 0.250. The van der Waals surface area contributed by atoms with E-state index in [1.807, 2.05) is 0 Å². The van der Waals surface area contributed by atoms with E-state index in [1.165, 1.54) is 47.4 Å². The van der Waals surface area contributed by atoms with Gasteiger partial charge < -0.3 is 10.0 Å². The van der Waals surface area contributed by atoms with Crippen LogP contribution in [0.3, 0.4) is 0 Å². The minimum Gasteiger partial charge on any atom is -0.481 e. The number of nitrogens with zero attached hydrogens (tertiary/aromatic N) is 3. The standard InChI is InChI=1S/C20H18FN3O5/c21-14-6-4-13(5-7-14)20-16-11-15(24(28)29)8-9-17(16)23(18(25)12-22-20)10-2-1-3-19(26)27/h4-9,11H,1-3,10,12H2,(H,26,27). The Morgan fingerprint density at radius 2 is 1.93 bits per heavy atom. The molecule has 8 nitrogen and oxygen atoms in total. The number of carboxylic acid groups (broad SMARTS) is 1. The van der Waals surface area contributed by atoms with Crippen molar-refractivity contribution < 1.29 is 24.0 Å². The summed E-state index contributed by atoms with van der Waals surface area (Å²) in [5, 5.41) is 20.0. The summed E-state index contributed by atoms with van der Waals surface area (Å²) < 4.78 is 13.3. The Kier molecular flexibility index (Phi) is 5.96. The van der Waals surface area contributed by atoms with Crippen molar-refractivity contribution in [3.8, 4) is 0 Å². The zero-order valence-electron chi connectivity index (χ0n) is 15.4. The molecule has 0 aromatic heterocycles. The molecule has 1 N–H and O–H groups in total. The van der Waals surface area contributed by atoms with Crippen LogP contribution in [0.25, 0.3) is 0 Å². The summed E-state index contributed by atoms with van der Waals surface area (Å²) in [6.07, 6.45) is 0.847. The minimum absolute atomic E-state index is 0.00746. The molecule has 2 aromatic carbocycles. The van der Waals surface area contributed by atoms with E-state index in [0.717, 1.165) is 0 Å². The third kappa shape index (κ3) is 4.63. The minimum atomic E-state index is -0.912. The molecular weight excluding hydrogens is 381 g/mol. The van der Waals surface area contributed by atoms with Gasteiger partial charge in [0.25, 0.3) is 5.69 Å². The maximum atomic E-state index is 13.3. The number of hydrogen-bond donors (Lipinski definition) is 1. The molecule has 0 saturated carbocycles. The van der Waals surface area contributed by atoms with E-state index in [2.05, 4.69) is 4.99 Å². The predicted molar refractivity (Wildman–Crippen MR) is 104 cm³/mol. The van der Waals surface area contributed by atoms with Gasteiger partial charge in [-0.15, -0.1) is 0 Å². The average Bonchev–Trinajstić information content (AvgIpc) is 2.82. The van der Waals surface area contributed by atoms with Crippen molar-refractivity contribution in [1.82, 2.24) is 0 Å². The molecule has 0 saturated heterocycles. The van der Waals surface area contributed by atoms with Crippen LogP contribution in [0.15, 0.2) is 47.5 Å². The van der Waals surface area contributed by atoms with Crippen LogP contribution in [-0.2, 0) is 9.59 Å². The van der Waals surface area contributed by atoms with Crippen LogP contribution in [0.4, 0.5) is 15.8 Å². The number of carbonyl (C=O) groups is 2. The van der Waals surface area contributed by atoms with Gasteiger partial charge in [0.05, 0.1) is 16.3 Å². The molecule has 0 radical (unpaired) electrons. The van der Waals surface area contributed by atoms with Crippen LogP contribution in [-0.4, -0.2) is 40.7 Å². The lowest BCUT2D eigenvalue weighted by atomic mass is 9.99. The van der Waals surface area contributed by atoms with Crippen molar-refractivity contribution in [3.05, 3.63) is 69.5 Å². The Balaban J connectivity index is 2.02. The fourth-order valence-electron chi connectivity index (χ4n) is 3.16. The molecule has 0 aliphatic carbocycles. The smallest absolute Gasteiger partial charge is 0.303 e. The number of fused-ring (bicyclic) bond motifs is 1. The zero-order chi connectivity index (χ0) is 21.0. The third-order valence-corrected chi connectivity index (χ3v) is 4.55. The van der Waals surface area contributed by atoms with E-state index in [0.29, 0.717) is 35.4 Å². The van der Waals surface area contributed by atoms with Crippen molar-refractivity contribution in [2.45, 2.75) is 19.3 Å². The van der Waals surface area contributed by atoms with Gasteiger partial charge in [0.1, 0.15) is 12.4 Å². The van der Waals surface area contributed by atoms with E-state index in [4.69, 9.17) is 5.11 Å². The molecule has 29 heavy (non-hydrogen) atoms. The molecular formula is C20H18FN3O5. The van der Waals surface area contributed by atoms with Crippen LogP contribution >= 0.6 is 0 Å².